The second-order valence-electron chi connectivity index (χ2n) is 5.22. The molecule has 0 aliphatic carbocycles. The third-order valence-corrected chi connectivity index (χ3v) is 3.59. The zero-order chi connectivity index (χ0) is 14.5. The summed E-state index contributed by atoms with van der Waals surface area (Å²) in [6.45, 7) is 4.76. The first-order valence-corrected chi connectivity index (χ1v) is 6.92. The van der Waals surface area contributed by atoms with Gasteiger partial charge in [-0.25, -0.2) is 4.39 Å². The highest BCUT2D eigenvalue weighted by molar-refractivity contribution is 5.67. The van der Waals surface area contributed by atoms with Crippen LogP contribution in [-0.4, -0.2) is 6.54 Å². The lowest BCUT2D eigenvalue weighted by atomic mass is 9.98. The molecule has 3 heteroatoms. The van der Waals surface area contributed by atoms with E-state index in [1.165, 1.54) is 11.6 Å². The molecule has 0 amide bonds. The number of nitrogen functional groups attached to an aromatic ring is 1. The van der Waals surface area contributed by atoms with Gasteiger partial charge in [-0.1, -0.05) is 37.3 Å². The van der Waals surface area contributed by atoms with Gasteiger partial charge in [0, 0.05) is 6.54 Å². The van der Waals surface area contributed by atoms with Crippen molar-refractivity contribution in [1.82, 2.24) is 0 Å². The Morgan fingerprint density at radius 2 is 1.90 bits per heavy atom. The molecule has 0 aromatic heterocycles. The molecule has 106 valence electrons. The minimum atomic E-state index is -0.259. The molecule has 1 unspecified atom stereocenters. The molecule has 20 heavy (non-hydrogen) atoms. The molecule has 0 aliphatic heterocycles. The van der Waals surface area contributed by atoms with Crippen LogP contribution in [0.15, 0.2) is 42.5 Å². The standard InChI is InChI=1S/C17H21FN2/c1-12(14-6-4-3-5-7-14)8-9-20-17-10-13(2)15(18)11-16(17)19/h3-7,10-12,20H,8-9,19H2,1-2H3. The van der Waals surface area contributed by atoms with Crippen LogP contribution in [0.25, 0.3) is 0 Å². The minimum absolute atomic E-state index is 0.259. The van der Waals surface area contributed by atoms with E-state index < -0.39 is 0 Å². The van der Waals surface area contributed by atoms with Gasteiger partial charge < -0.3 is 11.1 Å². The normalized spacial score (nSPS) is 12.2. The molecule has 2 nitrogen and oxygen atoms in total. The van der Waals surface area contributed by atoms with Crippen LogP contribution in [0.5, 0.6) is 0 Å². The monoisotopic (exact) mass is 272 g/mol. The largest absolute Gasteiger partial charge is 0.397 e. The Morgan fingerprint density at radius 3 is 2.60 bits per heavy atom. The van der Waals surface area contributed by atoms with Crippen LogP contribution in [0.1, 0.15) is 30.4 Å². The van der Waals surface area contributed by atoms with E-state index in [1.807, 2.05) is 6.07 Å². The van der Waals surface area contributed by atoms with Crippen LogP contribution in [0.4, 0.5) is 15.8 Å². The van der Waals surface area contributed by atoms with E-state index in [0.29, 0.717) is 17.2 Å². The summed E-state index contributed by atoms with van der Waals surface area (Å²) in [6.07, 6.45) is 1.000. The topological polar surface area (TPSA) is 38.0 Å². The molecular weight excluding hydrogens is 251 g/mol. The Morgan fingerprint density at radius 1 is 1.20 bits per heavy atom. The lowest BCUT2D eigenvalue weighted by molar-refractivity contribution is 0.619. The van der Waals surface area contributed by atoms with Crippen molar-refractivity contribution in [3.63, 3.8) is 0 Å². The van der Waals surface area contributed by atoms with Crippen LogP contribution in [-0.2, 0) is 0 Å². The predicted molar refractivity (Wildman–Crippen MR) is 83.5 cm³/mol. The molecule has 0 saturated heterocycles. The number of anilines is 2. The fraction of sp³-hybridized carbons (Fsp3) is 0.294. The Hall–Kier alpha value is -2.03. The number of halogens is 1. The molecule has 0 aliphatic rings. The molecule has 2 aromatic carbocycles. The molecular formula is C17H21FN2. The lowest BCUT2D eigenvalue weighted by Crippen LogP contribution is -2.08. The smallest absolute Gasteiger partial charge is 0.128 e. The van der Waals surface area contributed by atoms with Crippen molar-refractivity contribution in [2.24, 2.45) is 0 Å². The highest BCUT2D eigenvalue weighted by Crippen LogP contribution is 2.24. The summed E-state index contributed by atoms with van der Waals surface area (Å²) in [7, 11) is 0. The number of hydrogen-bond donors (Lipinski definition) is 2. The van der Waals surface area contributed by atoms with Crippen molar-refractivity contribution in [2.75, 3.05) is 17.6 Å². The summed E-state index contributed by atoms with van der Waals surface area (Å²) in [5, 5.41) is 3.29. The molecule has 2 aromatic rings. The Bertz CT molecular complexity index is 567. The van der Waals surface area contributed by atoms with Crippen molar-refractivity contribution in [3.05, 3.63) is 59.4 Å². The van der Waals surface area contributed by atoms with E-state index in [0.717, 1.165) is 18.7 Å². The fourth-order valence-electron chi connectivity index (χ4n) is 2.22. The van der Waals surface area contributed by atoms with Crippen LogP contribution in [0.2, 0.25) is 0 Å². The third kappa shape index (κ3) is 3.50. The third-order valence-electron chi connectivity index (χ3n) is 3.59. The number of nitrogens with one attached hydrogen (secondary N) is 1. The first-order chi connectivity index (χ1) is 9.58. The van der Waals surface area contributed by atoms with Gasteiger partial charge in [0.25, 0.3) is 0 Å². The van der Waals surface area contributed by atoms with Gasteiger partial charge >= 0.3 is 0 Å². The van der Waals surface area contributed by atoms with Gasteiger partial charge in [0.15, 0.2) is 0 Å². The molecule has 0 spiro atoms. The van der Waals surface area contributed by atoms with E-state index in [-0.39, 0.29) is 5.82 Å². The Kier molecular flexibility index (Phi) is 4.61. The maximum Gasteiger partial charge on any atom is 0.128 e. The molecule has 0 fully saturated rings. The summed E-state index contributed by atoms with van der Waals surface area (Å²) in [6, 6.07) is 13.6. The highest BCUT2D eigenvalue weighted by Gasteiger charge is 2.07. The molecule has 2 rings (SSSR count). The van der Waals surface area contributed by atoms with Crippen molar-refractivity contribution in [2.45, 2.75) is 26.2 Å². The van der Waals surface area contributed by atoms with Crippen molar-refractivity contribution in [1.29, 1.82) is 0 Å². The van der Waals surface area contributed by atoms with Crippen LogP contribution < -0.4 is 11.1 Å². The van der Waals surface area contributed by atoms with Crippen molar-refractivity contribution >= 4 is 11.4 Å². The first-order valence-electron chi connectivity index (χ1n) is 6.92. The predicted octanol–water partition coefficient (Wildman–Crippen LogP) is 4.32. The fourth-order valence-corrected chi connectivity index (χ4v) is 2.22. The zero-order valence-electron chi connectivity index (χ0n) is 12.0. The van der Waals surface area contributed by atoms with Gasteiger partial charge in [0.2, 0.25) is 0 Å². The van der Waals surface area contributed by atoms with Crippen LogP contribution in [0, 0.1) is 12.7 Å². The second kappa shape index (κ2) is 6.42. The Balaban J connectivity index is 1.92. The molecule has 3 N–H and O–H groups in total. The van der Waals surface area contributed by atoms with Gasteiger partial charge in [0.05, 0.1) is 11.4 Å². The van der Waals surface area contributed by atoms with Gasteiger partial charge in [0.1, 0.15) is 5.82 Å². The van der Waals surface area contributed by atoms with Gasteiger partial charge in [-0.15, -0.1) is 0 Å². The van der Waals surface area contributed by atoms with Crippen LogP contribution >= 0.6 is 0 Å². The van der Waals surface area contributed by atoms with Gasteiger partial charge in [-0.05, 0) is 42.5 Å². The van der Waals surface area contributed by atoms with Crippen molar-refractivity contribution in [3.8, 4) is 0 Å². The molecule has 0 heterocycles. The Labute approximate surface area is 119 Å². The second-order valence-corrected chi connectivity index (χ2v) is 5.22. The van der Waals surface area contributed by atoms with E-state index in [4.69, 9.17) is 5.73 Å². The zero-order valence-corrected chi connectivity index (χ0v) is 12.0. The number of benzene rings is 2. The highest BCUT2D eigenvalue weighted by atomic mass is 19.1. The maximum absolute atomic E-state index is 13.3. The van der Waals surface area contributed by atoms with Gasteiger partial charge in [-0.3, -0.25) is 0 Å². The number of aryl methyl sites for hydroxylation is 1. The molecule has 1 atom stereocenters. The summed E-state index contributed by atoms with van der Waals surface area (Å²) in [5.41, 5.74) is 9.02. The summed E-state index contributed by atoms with van der Waals surface area (Å²) < 4.78 is 13.3. The molecule has 0 bridgehead atoms. The number of hydrogen-bond acceptors (Lipinski definition) is 2. The number of rotatable bonds is 5. The first kappa shape index (κ1) is 14.4. The van der Waals surface area contributed by atoms with Crippen molar-refractivity contribution < 1.29 is 4.39 Å². The van der Waals surface area contributed by atoms with Crippen LogP contribution in [0.3, 0.4) is 0 Å². The lowest BCUT2D eigenvalue weighted by Gasteiger charge is -2.14. The maximum atomic E-state index is 13.3. The quantitative estimate of drug-likeness (QED) is 0.795. The average molecular weight is 272 g/mol. The molecule has 0 saturated carbocycles. The number of nitrogens with two attached hydrogens (primary N) is 1. The molecule has 0 radical (unpaired) electrons. The van der Waals surface area contributed by atoms with E-state index in [1.54, 1.807) is 13.0 Å². The summed E-state index contributed by atoms with van der Waals surface area (Å²) >= 11 is 0. The van der Waals surface area contributed by atoms with Gasteiger partial charge in [-0.2, -0.15) is 0 Å². The van der Waals surface area contributed by atoms with E-state index in [9.17, 15) is 4.39 Å². The minimum Gasteiger partial charge on any atom is -0.397 e. The van der Waals surface area contributed by atoms with E-state index in [2.05, 4.69) is 36.5 Å². The van der Waals surface area contributed by atoms with E-state index >= 15 is 0 Å². The SMILES string of the molecule is Cc1cc(NCCC(C)c2ccccc2)c(N)cc1F. The average Bonchev–Trinajstić information content (AvgIpc) is 2.45. The summed E-state index contributed by atoms with van der Waals surface area (Å²) in [5.74, 6) is 0.220. The summed E-state index contributed by atoms with van der Waals surface area (Å²) in [4.78, 5) is 0.